The molecular weight excluding hydrogens is 451 g/mol. The molecule has 0 bridgehead atoms. The van der Waals surface area contributed by atoms with Gasteiger partial charge in [-0.05, 0) is 43.4 Å². The van der Waals surface area contributed by atoms with E-state index < -0.39 is 33.9 Å². The minimum absolute atomic E-state index is 0.108. The lowest BCUT2D eigenvalue weighted by molar-refractivity contribution is -0.153. The van der Waals surface area contributed by atoms with Gasteiger partial charge in [-0.1, -0.05) is 5.16 Å². The molecule has 8 nitrogen and oxygen atoms in total. The van der Waals surface area contributed by atoms with E-state index in [4.69, 9.17) is 9.26 Å². The number of rotatable bonds is 6. The molecule has 172 valence electrons. The van der Waals surface area contributed by atoms with Crippen molar-refractivity contribution in [3.05, 3.63) is 35.5 Å². The topological polar surface area (TPSA) is 103 Å². The fourth-order valence-electron chi connectivity index (χ4n) is 4.28. The Balaban J connectivity index is 1.40. The van der Waals surface area contributed by atoms with Crippen LogP contribution in [-0.2, 0) is 15.3 Å². The summed E-state index contributed by atoms with van der Waals surface area (Å²) in [4.78, 5) is 19.1. The molecule has 3 aliphatic rings. The summed E-state index contributed by atoms with van der Waals surface area (Å²) in [5.41, 5.74) is -0.671. The van der Waals surface area contributed by atoms with Crippen molar-refractivity contribution in [1.82, 2.24) is 15.0 Å². The average Bonchev–Trinajstić information content (AvgIpc) is 3.60. The summed E-state index contributed by atoms with van der Waals surface area (Å²) < 4.78 is 72.2. The quantitative estimate of drug-likeness (QED) is 0.638. The number of hydrogen-bond donors (Lipinski definition) is 0. The number of amides is 1. The Hall–Kier alpha value is -2.63. The second kappa shape index (κ2) is 6.93. The highest BCUT2D eigenvalue weighted by atomic mass is 32.2. The summed E-state index contributed by atoms with van der Waals surface area (Å²) in [6.45, 7) is -0.962. The molecule has 12 heteroatoms. The molecule has 1 saturated heterocycles. The largest absolute Gasteiger partial charge is 0.483 e. The van der Waals surface area contributed by atoms with Crippen molar-refractivity contribution < 1.29 is 35.6 Å². The third kappa shape index (κ3) is 3.84. The second-order valence-corrected chi connectivity index (χ2v) is 10.8. The van der Waals surface area contributed by atoms with E-state index >= 15 is 0 Å². The SMILES string of the molecule is CS(=O)(=O)c1ccc(OCC(F)(F)F)c(C(=O)N2CC3CC3(c3nc(C4CC4)no3)C2)c1. The first-order valence-electron chi connectivity index (χ1n) is 10.1. The molecule has 1 amide bonds. The summed E-state index contributed by atoms with van der Waals surface area (Å²) in [6, 6.07) is 3.28. The number of ether oxygens (including phenoxy) is 1. The van der Waals surface area contributed by atoms with Gasteiger partial charge in [0.15, 0.2) is 22.3 Å². The van der Waals surface area contributed by atoms with Crippen LogP contribution in [0, 0.1) is 5.92 Å². The van der Waals surface area contributed by atoms with Crippen molar-refractivity contribution >= 4 is 15.7 Å². The highest BCUT2D eigenvalue weighted by Gasteiger charge is 2.65. The maximum Gasteiger partial charge on any atom is 0.422 e. The highest BCUT2D eigenvalue weighted by molar-refractivity contribution is 7.90. The summed E-state index contributed by atoms with van der Waals surface area (Å²) in [6.07, 6.45) is -0.815. The van der Waals surface area contributed by atoms with E-state index in [2.05, 4.69) is 10.1 Å². The van der Waals surface area contributed by atoms with Gasteiger partial charge >= 0.3 is 6.18 Å². The van der Waals surface area contributed by atoms with Gasteiger partial charge in [-0.25, -0.2) is 8.42 Å². The Kier molecular flexibility index (Phi) is 4.60. The molecule has 2 heterocycles. The van der Waals surface area contributed by atoms with Crippen LogP contribution in [0.1, 0.15) is 47.3 Å². The molecule has 32 heavy (non-hydrogen) atoms. The molecule has 1 aromatic carbocycles. The third-order valence-electron chi connectivity index (χ3n) is 6.24. The first-order chi connectivity index (χ1) is 15.0. The molecule has 2 aromatic rings. The van der Waals surface area contributed by atoms with Crippen molar-refractivity contribution in [3.8, 4) is 5.75 Å². The lowest BCUT2D eigenvalue weighted by Gasteiger charge is -2.22. The number of likely N-dealkylation sites (tertiary alicyclic amines) is 1. The highest BCUT2D eigenvalue weighted by Crippen LogP contribution is 2.59. The predicted molar refractivity (Wildman–Crippen MR) is 103 cm³/mol. The Morgan fingerprint density at radius 3 is 2.75 bits per heavy atom. The van der Waals surface area contributed by atoms with Crippen LogP contribution in [-0.4, -0.2) is 61.5 Å². The van der Waals surface area contributed by atoms with Crippen LogP contribution in [0.15, 0.2) is 27.6 Å². The Morgan fingerprint density at radius 2 is 2.09 bits per heavy atom. The number of benzene rings is 1. The molecule has 2 aliphatic carbocycles. The van der Waals surface area contributed by atoms with Crippen molar-refractivity contribution in [3.63, 3.8) is 0 Å². The van der Waals surface area contributed by atoms with Gasteiger partial charge in [-0.2, -0.15) is 18.2 Å². The van der Waals surface area contributed by atoms with Crippen LogP contribution in [0.5, 0.6) is 5.75 Å². The van der Waals surface area contributed by atoms with Crippen LogP contribution in [0.4, 0.5) is 13.2 Å². The fourth-order valence-corrected chi connectivity index (χ4v) is 4.92. The number of halogens is 3. The van der Waals surface area contributed by atoms with E-state index in [0.717, 1.165) is 43.7 Å². The van der Waals surface area contributed by atoms with Crippen molar-refractivity contribution in [1.29, 1.82) is 0 Å². The number of piperidine rings is 1. The first kappa shape index (κ1) is 21.2. The van der Waals surface area contributed by atoms with Crippen molar-refractivity contribution in [2.24, 2.45) is 5.92 Å². The number of carbonyl (C=O) groups excluding carboxylic acids is 1. The zero-order valence-electron chi connectivity index (χ0n) is 17.1. The van der Waals surface area contributed by atoms with Gasteiger partial charge in [0.1, 0.15) is 5.75 Å². The number of sulfone groups is 1. The molecular formula is C20H20F3N3O5S. The van der Waals surface area contributed by atoms with Gasteiger partial charge in [-0.3, -0.25) is 4.79 Å². The molecule has 1 aromatic heterocycles. The summed E-state index contributed by atoms with van der Waals surface area (Å²) in [5.74, 6) is 0.680. The fraction of sp³-hybridized carbons (Fsp3) is 0.550. The van der Waals surface area contributed by atoms with E-state index in [1.807, 2.05) is 0 Å². The normalized spacial score (nSPS) is 25.0. The maximum atomic E-state index is 13.2. The number of fused-ring (bicyclic) bond motifs is 1. The summed E-state index contributed by atoms with van der Waals surface area (Å²) in [5, 5.41) is 4.04. The van der Waals surface area contributed by atoms with Gasteiger partial charge in [-0.15, -0.1) is 0 Å². The van der Waals surface area contributed by atoms with Crippen LogP contribution in [0.25, 0.3) is 0 Å². The van der Waals surface area contributed by atoms with Crippen LogP contribution in [0.3, 0.4) is 0 Å². The number of alkyl halides is 3. The standard InChI is InChI=1S/C20H20F3N3O5S/c1-32(28,29)13-4-5-15(30-10-20(21,22)23)14(6-13)17(27)26-8-12-7-19(12,9-26)18-24-16(25-31-18)11-2-3-11/h4-6,11-12H,2-3,7-10H2,1H3. The smallest absolute Gasteiger partial charge is 0.422 e. The van der Waals surface area contributed by atoms with E-state index in [1.54, 1.807) is 0 Å². The average molecular weight is 471 g/mol. The summed E-state index contributed by atoms with van der Waals surface area (Å²) in [7, 11) is -3.68. The lowest BCUT2D eigenvalue weighted by Crippen LogP contribution is -2.33. The maximum absolute atomic E-state index is 13.2. The third-order valence-corrected chi connectivity index (χ3v) is 7.35. The van der Waals surface area contributed by atoms with E-state index in [0.29, 0.717) is 24.2 Å². The molecule has 2 atom stereocenters. The Bertz CT molecular complexity index is 1190. The van der Waals surface area contributed by atoms with Crippen LogP contribution in [0.2, 0.25) is 0 Å². The number of nitrogens with zero attached hydrogens (tertiary/aromatic N) is 3. The van der Waals surface area contributed by atoms with E-state index in [1.165, 1.54) is 4.90 Å². The predicted octanol–water partition coefficient (Wildman–Crippen LogP) is 2.71. The molecule has 1 aliphatic heterocycles. The van der Waals surface area contributed by atoms with Crippen LogP contribution < -0.4 is 4.74 Å². The zero-order valence-corrected chi connectivity index (χ0v) is 17.9. The Morgan fingerprint density at radius 1 is 1.34 bits per heavy atom. The van der Waals surface area contributed by atoms with Gasteiger partial charge in [0.2, 0.25) is 5.89 Å². The second-order valence-electron chi connectivity index (χ2n) is 8.81. The number of aromatic nitrogens is 2. The molecule has 5 rings (SSSR count). The van der Waals surface area contributed by atoms with Crippen molar-refractivity contribution in [2.45, 2.75) is 41.7 Å². The zero-order chi connectivity index (χ0) is 22.9. The molecule has 2 saturated carbocycles. The number of carbonyl (C=O) groups is 1. The van der Waals surface area contributed by atoms with Gasteiger partial charge in [0.05, 0.1) is 15.9 Å². The van der Waals surface area contributed by atoms with Gasteiger partial charge in [0.25, 0.3) is 5.91 Å². The minimum Gasteiger partial charge on any atom is -0.483 e. The molecule has 0 radical (unpaired) electrons. The van der Waals surface area contributed by atoms with E-state index in [-0.39, 0.29) is 28.7 Å². The molecule has 3 fully saturated rings. The number of hydrogen-bond acceptors (Lipinski definition) is 7. The summed E-state index contributed by atoms with van der Waals surface area (Å²) >= 11 is 0. The lowest BCUT2D eigenvalue weighted by atomic mass is 10.1. The molecule has 0 N–H and O–H groups in total. The van der Waals surface area contributed by atoms with Crippen LogP contribution >= 0.6 is 0 Å². The monoisotopic (exact) mass is 471 g/mol. The van der Waals surface area contributed by atoms with Gasteiger partial charge < -0.3 is 14.2 Å². The Labute approximate surface area is 181 Å². The van der Waals surface area contributed by atoms with Gasteiger partial charge in [0, 0.05) is 25.3 Å². The van der Waals surface area contributed by atoms with E-state index in [9.17, 15) is 26.4 Å². The molecule has 2 unspecified atom stereocenters. The molecule has 0 spiro atoms. The minimum atomic E-state index is -4.60. The van der Waals surface area contributed by atoms with Crippen molar-refractivity contribution in [2.75, 3.05) is 26.0 Å². The first-order valence-corrected chi connectivity index (χ1v) is 12.0.